The van der Waals surface area contributed by atoms with Crippen LogP contribution < -0.4 is 5.32 Å². The van der Waals surface area contributed by atoms with E-state index in [1.54, 1.807) is 6.07 Å². The van der Waals surface area contributed by atoms with Gasteiger partial charge in [-0.1, -0.05) is 30.3 Å². The van der Waals surface area contributed by atoms with E-state index < -0.39 is 0 Å². The van der Waals surface area contributed by atoms with Crippen LogP contribution in [0, 0.1) is 12.7 Å². The highest BCUT2D eigenvalue weighted by Crippen LogP contribution is 2.37. The number of fused-ring (bicyclic) bond motifs is 1. The Hall–Kier alpha value is -1.71. The normalized spacial score (nSPS) is 19.1. The Bertz CT molecular complexity index is 641. The third-order valence-corrected chi connectivity index (χ3v) is 4.21. The third kappa shape index (κ3) is 2.71. The number of hydrogen-bond donors (Lipinski definition) is 1. The van der Waals surface area contributed by atoms with Gasteiger partial charge in [0.25, 0.3) is 0 Å². The highest BCUT2D eigenvalue weighted by atomic mass is 19.1. The molecule has 2 aromatic carbocycles. The van der Waals surface area contributed by atoms with Crippen molar-refractivity contribution in [1.82, 2.24) is 5.32 Å². The highest BCUT2D eigenvalue weighted by molar-refractivity contribution is 5.37. The number of ether oxygens (including phenoxy) is 1. The van der Waals surface area contributed by atoms with Gasteiger partial charge in [0.1, 0.15) is 11.9 Å². The van der Waals surface area contributed by atoms with Gasteiger partial charge in [0.05, 0.1) is 12.6 Å². The molecule has 0 fully saturated rings. The Morgan fingerprint density at radius 2 is 2.05 bits per heavy atom. The maximum atomic E-state index is 13.3. The van der Waals surface area contributed by atoms with E-state index in [2.05, 4.69) is 23.5 Å². The second kappa shape index (κ2) is 5.96. The molecule has 1 aliphatic rings. The van der Waals surface area contributed by atoms with Gasteiger partial charge < -0.3 is 10.1 Å². The monoisotopic (exact) mass is 285 g/mol. The molecule has 2 unspecified atom stereocenters. The molecule has 2 nitrogen and oxygen atoms in total. The first kappa shape index (κ1) is 14.2. The summed E-state index contributed by atoms with van der Waals surface area (Å²) in [6.07, 6.45) is 0.912. The van der Waals surface area contributed by atoms with Crippen LogP contribution in [-0.4, -0.2) is 13.7 Å². The van der Waals surface area contributed by atoms with E-state index >= 15 is 0 Å². The molecule has 21 heavy (non-hydrogen) atoms. The zero-order chi connectivity index (χ0) is 14.8. The van der Waals surface area contributed by atoms with Crippen LogP contribution in [0.4, 0.5) is 4.39 Å². The maximum absolute atomic E-state index is 13.3. The fraction of sp³-hybridized carbons (Fsp3) is 0.333. The maximum Gasteiger partial charge on any atom is 0.123 e. The van der Waals surface area contributed by atoms with Crippen LogP contribution in [0.25, 0.3) is 0 Å². The topological polar surface area (TPSA) is 21.3 Å². The molecule has 0 radical (unpaired) electrons. The molecule has 0 amide bonds. The molecule has 1 heterocycles. The summed E-state index contributed by atoms with van der Waals surface area (Å²) in [5.41, 5.74) is 4.60. The summed E-state index contributed by atoms with van der Waals surface area (Å²) in [6, 6.07) is 13.4. The Morgan fingerprint density at radius 3 is 2.81 bits per heavy atom. The van der Waals surface area contributed by atoms with Crippen LogP contribution in [0.3, 0.4) is 0 Å². The molecule has 0 aliphatic carbocycles. The number of hydrogen-bond acceptors (Lipinski definition) is 2. The Morgan fingerprint density at radius 1 is 1.24 bits per heavy atom. The van der Waals surface area contributed by atoms with Gasteiger partial charge in [0.2, 0.25) is 0 Å². The molecule has 0 aromatic heterocycles. The van der Waals surface area contributed by atoms with Gasteiger partial charge >= 0.3 is 0 Å². The summed E-state index contributed by atoms with van der Waals surface area (Å²) in [5.74, 6) is -0.198. The average molecular weight is 285 g/mol. The van der Waals surface area contributed by atoms with Crippen molar-refractivity contribution in [3.63, 3.8) is 0 Å². The summed E-state index contributed by atoms with van der Waals surface area (Å²) in [7, 11) is 1.92. The van der Waals surface area contributed by atoms with E-state index in [1.165, 1.54) is 17.2 Å². The summed E-state index contributed by atoms with van der Waals surface area (Å²) in [4.78, 5) is 0. The molecule has 0 spiro atoms. The van der Waals surface area contributed by atoms with Crippen molar-refractivity contribution >= 4 is 0 Å². The lowest BCUT2D eigenvalue weighted by molar-refractivity contribution is 0.0164. The molecule has 0 saturated carbocycles. The molecule has 1 N–H and O–H groups in total. The van der Waals surface area contributed by atoms with Crippen LogP contribution in [0.5, 0.6) is 0 Å². The lowest BCUT2D eigenvalue weighted by atomic mass is 9.88. The molecule has 0 saturated heterocycles. The van der Waals surface area contributed by atoms with Gasteiger partial charge in [0, 0.05) is 0 Å². The van der Waals surface area contributed by atoms with Gasteiger partial charge in [-0.15, -0.1) is 0 Å². The van der Waals surface area contributed by atoms with E-state index in [4.69, 9.17) is 4.74 Å². The predicted molar refractivity (Wildman–Crippen MR) is 81.8 cm³/mol. The van der Waals surface area contributed by atoms with E-state index in [-0.39, 0.29) is 18.0 Å². The minimum atomic E-state index is -0.198. The van der Waals surface area contributed by atoms with Gasteiger partial charge in [-0.2, -0.15) is 0 Å². The first-order valence-corrected chi connectivity index (χ1v) is 7.33. The quantitative estimate of drug-likeness (QED) is 0.928. The van der Waals surface area contributed by atoms with Crippen LogP contribution >= 0.6 is 0 Å². The van der Waals surface area contributed by atoms with Crippen molar-refractivity contribution in [3.8, 4) is 0 Å². The zero-order valence-corrected chi connectivity index (χ0v) is 12.4. The highest BCUT2D eigenvalue weighted by Gasteiger charge is 2.29. The van der Waals surface area contributed by atoms with E-state index in [0.29, 0.717) is 0 Å². The van der Waals surface area contributed by atoms with Crippen molar-refractivity contribution in [3.05, 3.63) is 70.5 Å². The van der Waals surface area contributed by atoms with Gasteiger partial charge in [-0.05, 0) is 54.8 Å². The van der Waals surface area contributed by atoms with Crippen LogP contribution in [0.1, 0.15) is 34.4 Å². The Labute approximate surface area is 125 Å². The molecule has 1 aliphatic heterocycles. The fourth-order valence-corrected chi connectivity index (χ4v) is 3.16. The number of likely N-dealkylation sites (N-methyl/N-ethyl adjacent to an activating group) is 1. The van der Waals surface area contributed by atoms with E-state index in [0.717, 1.165) is 24.2 Å². The number of nitrogens with one attached hydrogen (secondary N) is 1. The molecule has 0 bridgehead atoms. The average Bonchev–Trinajstić information content (AvgIpc) is 2.50. The summed E-state index contributed by atoms with van der Waals surface area (Å²) >= 11 is 0. The second-order valence-corrected chi connectivity index (χ2v) is 5.51. The molecule has 2 aromatic rings. The van der Waals surface area contributed by atoms with Crippen LogP contribution in [0.15, 0.2) is 42.5 Å². The first-order chi connectivity index (χ1) is 10.2. The van der Waals surface area contributed by atoms with Crippen molar-refractivity contribution < 1.29 is 9.13 Å². The largest absolute Gasteiger partial charge is 0.371 e. The molecular formula is C18H20FNO. The SMILES string of the molecule is CNC(c1ccc(F)cc1C)C1OCCc2ccccc21. The molecular weight excluding hydrogens is 265 g/mol. The Kier molecular flexibility index (Phi) is 4.04. The van der Waals surface area contributed by atoms with E-state index in [1.807, 2.05) is 26.1 Å². The minimum Gasteiger partial charge on any atom is -0.371 e. The third-order valence-electron chi connectivity index (χ3n) is 4.21. The number of rotatable bonds is 3. The zero-order valence-electron chi connectivity index (χ0n) is 12.4. The number of benzene rings is 2. The Balaban J connectivity index is 2.01. The summed E-state index contributed by atoms with van der Waals surface area (Å²) in [6.45, 7) is 2.66. The lowest BCUT2D eigenvalue weighted by Crippen LogP contribution is -2.30. The lowest BCUT2D eigenvalue weighted by Gasteiger charge is -2.33. The van der Waals surface area contributed by atoms with Crippen LogP contribution in [-0.2, 0) is 11.2 Å². The molecule has 3 heteroatoms. The fourth-order valence-electron chi connectivity index (χ4n) is 3.16. The van der Waals surface area contributed by atoms with E-state index in [9.17, 15) is 4.39 Å². The van der Waals surface area contributed by atoms with Gasteiger partial charge in [-0.3, -0.25) is 0 Å². The van der Waals surface area contributed by atoms with Crippen molar-refractivity contribution in [2.45, 2.75) is 25.5 Å². The minimum absolute atomic E-state index is 0.0204. The molecule has 2 atom stereocenters. The first-order valence-electron chi connectivity index (χ1n) is 7.33. The van der Waals surface area contributed by atoms with Gasteiger partial charge in [-0.25, -0.2) is 4.39 Å². The smallest absolute Gasteiger partial charge is 0.123 e. The molecule has 3 rings (SSSR count). The van der Waals surface area contributed by atoms with Crippen molar-refractivity contribution in [1.29, 1.82) is 0 Å². The molecule has 110 valence electrons. The number of aryl methyl sites for hydroxylation is 1. The van der Waals surface area contributed by atoms with Crippen LogP contribution in [0.2, 0.25) is 0 Å². The van der Waals surface area contributed by atoms with Gasteiger partial charge in [0.15, 0.2) is 0 Å². The van der Waals surface area contributed by atoms with Crippen molar-refractivity contribution in [2.75, 3.05) is 13.7 Å². The van der Waals surface area contributed by atoms with Crippen molar-refractivity contribution in [2.24, 2.45) is 0 Å². The number of halogens is 1. The summed E-state index contributed by atoms with van der Waals surface area (Å²) in [5, 5.41) is 3.34. The summed E-state index contributed by atoms with van der Waals surface area (Å²) < 4.78 is 19.4. The second-order valence-electron chi connectivity index (χ2n) is 5.51. The predicted octanol–water partition coefficient (Wildman–Crippen LogP) is 3.71. The standard InChI is InChI=1S/C18H20FNO/c1-12-11-14(19)7-8-15(12)17(20-2)18-16-6-4-3-5-13(16)9-10-21-18/h3-8,11,17-18,20H,9-10H2,1-2H3.